The maximum absolute atomic E-state index is 4.71. The Balaban J connectivity index is 2.51. The highest BCUT2D eigenvalue weighted by Gasteiger charge is 2.09. The lowest BCUT2D eigenvalue weighted by atomic mass is 10.1. The normalized spacial score (nSPS) is 10.9. The molecule has 0 atom stereocenters. The summed E-state index contributed by atoms with van der Waals surface area (Å²) in [5, 5.41) is 3.29. The molecule has 106 valence electrons. The van der Waals surface area contributed by atoms with Crippen LogP contribution in [0, 0.1) is 13.8 Å². The van der Waals surface area contributed by atoms with Crippen LogP contribution in [-0.2, 0) is 0 Å². The van der Waals surface area contributed by atoms with Crippen LogP contribution in [0.25, 0.3) is 11.4 Å². The smallest absolute Gasteiger partial charge is 0.161 e. The van der Waals surface area contributed by atoms with E-state index in [0.29, 0.717) is 5.92 Å². The third kappa shape index (κ3) is 3.16. The van der Waals surface area contributed by atoms with Gasteiger partial charge in [-0.2, -0.15) is 0 Å². The van der Waals surface area contributed by atoms with Crippen LogP contribution in [0.15, 0.2) is 24.3 Å². The molecule has 0 saturated carbocycles. The minimum atomic E-state index is 0.390. The molecule has 1 heterocycles. The van der Waals surface area contributed by atoms with Crippen LogP contribution in [0.2, 0.25) is 0 Å². The van der Waals surface area contributed by atoms with E-state index in [9.17, 15) is 0 Å². The number of aryl methyl sites for hydroxylation is 2. The molecule has 0 saturated heterocycles. The zero-order valence-corrected chi connectivity index (χ0v) is 13.0. The zero-order chi connectivity index (χ0) is 14.7. The van der Waals surface area contributed by atoms with E-state index in [1.807, 2.05) is 6.07 Å². The number of aromatic nitrogens is 2. The standard InChI is InChI=1S/C17H23N3/c1-6-18-16-10-15(11(2)3)19-17(20-16)14-8-7-12(4)13(5)9-14/h7-11H,6H2,1-5H3,(H,18,19,20). The Morgan fingerprint density at radius 2 is 1.80 bits per heavy atom. The van der Waals surface area contributed by atoms with Crippen molar-refractivity contribution in [2.45, 2.75) is 40.5 Å². The number of hydrogen-bond acceptors (Lipinski definition) is 3. The first-order valence-electron chi connectivity index (χ1n) is 7.21. The lowest BCUT2D eigenvalue weighted by Crippen LogP contribution is -2.05. The highest BCUT2D eigenvalue weighted by Crippen LogP contribution is 2.23. The molecule has 2 rings (SSSR count). The fourth-order valence-corrected chi connectivity index (χ4v) is 2.04. The third-order valence-electron chi connectivity index (χ3n) is 3.46. The fourth-order valence-electron chi connectivity index (χ4n) is 2.04. The molecule has 0 aliphatic carbocycles. The topological polar surface area (TPSA) is 37.8 Å². The summed E-state index contributed by atoms with van der Waals surface area (Å²) in [5.74, 6) is 2.09. The van der Waals surface area contributed by atoms with Crippen LogP contribution in [-0.4, -0.2) is 16.5 Å². The number of rotatable bonds is 4. The van der Waals surface area contributed by atoms with Gasteiger partial charge in [0.15, 0.2) is 5.82 Å². The summed E-state index contributed by atoms with van der Waals surface area (Å²) in [7, 11) is 0. The fraction of sp³-hybridized carbons (Fsp3) is 0.412. The number of nitrogens with one attached hydrogen (secondary N) is 1. The molecule has 1 N–H and O–H groups in total. The Labute approximate surface area is 121 Å². The summed E-state index contributed by atoms with van der Waals surface area (Å²) in [6.07, 6.45) is 0. The van der Waals surface area contributed by atoms with Gasteiger partial charge >= 0.3 is 0 Å². The molecule has 0 unspecified atom stereocenters. The third-order valence-corrected chi connectivity index (χ3v) is 3.46. The molecule has 0 bridgehead atoms. The van der Waals surface area contributed by atoms with E-state index in [4.69, 9.17) is 4.98 Å². The van der Waals surface area contributed by atoms with Crippen molar-refractivity contribution in [2.75, 3.05) is 11.9 Å². The lowest BCUT2D eigenvalue weighted by molar-refractivity contribution is 0.817. The molecule has 0 radical (unpaired) electrons. The van der Waals surface area contributed by atoms with Crippen molar-refractivity contribution in [1.29, 1.82) is 0 Å². The summed E-state index contributed by atoms with van der Waals surface area (Å²) in [4.78, 5) is 9.33. The second kappa shape index (κ2) is 6.04. The molecule has 2 aromatic rings. The lowest BCUT2D eigenvalue weighted by Gasteiger charge is -2.12. The van der Waals surface area contributed by atoms with Crippen LogP contribution in [0.3, 0.4) is 0 Å². The van der Waals surface area contributed by atoms with Gasteiger partial charge in [0, 0.05) is 23.9 Å². The van der Waals surface area contributed by atoms with Crippen molar-refractivity contribution < 1.29 is 0 Å². The molecule has 0 fully saturated rings. The highest BCUT2D eigenvalue weighted by atomic mass is 15.0. The predicted molar refractivity (Wildman–Crippen MR) is 85.2 cm³/mol. The predicted octanol–water partition coefficient (Wildman–Crippen LogP) is 4.32. The van der Waals surface area contributed by atoms with Gasteiger partial charge in [0.2, 0.25) is 0 Å². The van der Waals surface area contributed by atoms with Gasteiger partial charge in [-0.05, 0) is 43.9 Å². The van der Waals surface area contributed by atoms with Crippen LogP contribution >= 0.6 is 0 Å². The largest absolute Gasteiger partial charge is 0.370 e. The van der Waals surface area contributed by atoms with E-state index < -0.39 is 0 Å². The van der Waals surface area contributed by atoms with Gasteiger partial charge in [-0.15, -0.1) is 0 Å². The summed E-state index contributed by atoms with van der Waals surface area (Å²) in [6.45, 7) is 11.5. The number of benzene rings is 1. The quantitative estimate of drug-likeness (QED) is 0.898. The molecule has 1 aromatic heterocycles. The molecule has 3 nitrogen and oxygen atoms in total. The van der Waals surface area contributed by atoms with Crippen molar-refractivity contribution in [3.8, 4) is 11.4 Å². The Bertz CT molecular complexity index is 603. The molecular weight excluding hydrogens is 246 g/mol. The summed E-state index contributed by atoms with van der Waals surface area (Å²) in [6, 6.07) is 8.42. The average Bonchev–Trinajstić information content (AvgIpc) is 2.42. The van der Waals surface area contributed by atoms with Gasteiger partial charge in [-0.1, -0.05) is 26.0 Å². The average molecular weight is 269 g/mol. The van der Waals surface area contributed by atoms with Crippen molar-refractivity contribution in [1.82, 2.24) is 9.97 Å². The zero-order valence-electron chi connectivity index (χ0n) is 13.0. The minimum absolute atomic E-state index is 0.390. The maximum atomic E-state index is 4.71. The van der Waals surface area contributed by atoms with Gasteiger partial charge < -0.3 is 5.32 Å². The van der Waals surface area contributed by atoms with Crippen LogP contribution in [0.5, 0.6) is 0 Å². The summed E-state index contributed by atoms with van der Waals surface area (Å²) in [5.41, 5.74) is 4.71. The molecular formula is C17H23N3. The molecule has 3 heteroatoms. The van der Waals surface area contributed by atoms with E-state index in [1.165, 1.54) is 11.1 Å². The molecule has 0 spiro atoms. The van der Waals surface area contributed by atoms with Crippen LogP contribution in [0.1, 0.15) is 43.5 Å². The SMILES string of the molecule is CCNc1cc(C(C)C)nc(-c2ccc(C)c(C)c2)n1. The van der Waals surface area contributed by atoms with E-state index in [1.54, 1.807) is 0 Å². The highest BCUT2D eigenvalue weighted by molar-refractivity contribution is 5.59. The van der Waals surface area contributed by atoms with E-state index in [2.05, 4.69) is 63.1 Å². The molecule has 0 aliphatic heterocycles. The van der Waals surface area contributed by atoms with Crippen molar-refractivity contribution in [3.63, 3.8) is 0 Å². The number of nitrogens with zero attached hydrogens (tertiary/aromatic N) is 2. The van der Waals surface area contributed by atoms with Crippen LogP contribution < -0.4 is 5.32 Å². The van der Waals surface area contributed by atoms with Gasteiger partial charge in [0.1, 0.15) is 5.82 Å². The molecule has 20 heavy (non-hydrogen) atoms. The Morgan fingerprint density at radius 1 is 1.05 bits per heavy atom. The number of anilines is 1. The Hall–Kier alpha value is -1.90. The van der Waals surface area contributed by atoms with Gasteiger partial charge in [0.25, 0.3) is 0 Å². The van der Waals surface area contributed by atoms with E-state index in [-0.39, 0.29) is 0 Å². The van der Waals surface area contributed by atoms with Gasteiger partial charge in [-0.3, -0.25) is 0 Å². The summed E-state index contributed by atoms with van der Waals surface area (Å²) < 4.78 is 0. The van der Waals surface area contributed by atoms with E-state index >= 15 is 0 Å². The Kier molecular flexibility index (Phi) is 4.38. The first kappa shape index (κ1) is 14.5. The monoisotopic (exact) mass is 269 g/mol. The second-order valence-electron chi connectivity index (χ2n) is 5.49. The molecule has 0 aliphatic rings. The summed E-state index contributed by atoms with van der Waals surface area (Å²) >= 11 is 0. The van der Waals surface area contributed by atoms with Gasteiger partial charge in [-0.25, -0.2) is 9.97 Å². The van der Waals surface area contributed by atoms with Crippen molar-refractivity contribution in [3.05, 3.63) is 41.1 Å². The minimum Gasteiger partial charge on any atom is -0.370 e. The Morgan fingerprint density at radius 3 is 2.40 bits per heavy atom. The van der Waals surface area contributed by atoms with E-state index in [0.717, 1.165) is 29.4 Å². The van der Waals surface area contributed by atoms with Crippen molar-refractivity contribution >= 4 is 5.82 Å². The molecule has 0 amide bonds. The van der Waals surface area contributed by atoms with Crippen molar-refractivity contribution in [2.24, 2.45) is 0 Å². The van der Waals surface area contributed by atoms with Gasteiger partial charge in [0.05, 0.1) is 0 Å². The number of hydrogen-bond donors (Lipinski definition) is 1. The maximum Gasteiger partial charge on any atom is 0.161 e. The second-order valence-corrected chi connectivity index (χ2v) is 5.49. The first-order valence-corrected chi connectivity index (χ1v) is 7.21. The molecule has 1 aromatic carbocycles. The first-order chi connectivity index (χ1) is 9.51. The van der Waals surface area contributed by atoms with Crippen LogP contribution in [0.4, 0.5) is 5.82 Å².